The average Bonchev–Trinajstić information content (AvgIpc) is 3.30. The molecule has 0 aromatic heterocycles. The fraction of sp³-hybridized carbons (Fsp3) is 0.727. The maximum Gasteiger partial charge on any atom is 0.240 e. The summed E-state index contributed by atoms with van der Waals surface area (Å²) in [4.78, 5) is 2.63. The molecule has 2 spiro atoms. The summed E-state index contributed by atoms with van der Waals surface area (Å²) in [6, 6.07) is 5.40. The van der Waals surface area contributed by atoms with E-state index in [4.69, 9.17) is 4.74 Å². The summed E-state index contributed by atoms with van der Waals surface area (Å²) in [5.74, 6) is 1.17. The van der Waals surface area contributed by atoms with E-state index >= 15 is 0 Å². The summed E-state index contributed by atoms with van der Waals surface area (Å²) >= 11 is 3.58. The predicted octanol–water partition coefficient (Wildman–Crippen LogP) is 4.17. The SMILES string of the molecule is COCCC1CN(c2ccc(S(=O)(=O)NCC3CC4(C3)CC43CCC3)cc2Br)C1. The summed E-state index contributed by atoms with van der Waals surface area (Å²) < 4.78 is 34.4. The molecular weight excluding hydrogens is 452 g/mol. The van der Waals surface area contributed by atoms with Gasteiger partial charge < -0.3 is 9.64 Å². The molecule has 0 amide bonds. The van der Waals surface area contributed by atoms with E-state index in [0.717, 1.165) is 36.3 Å². The second kappa shape index (κ2) is 7.21. The van der Waals surface area contributed by atoms with Gasteiger partial charge in [-0.25, -0.2) is 13.1 Å². The Balaban J connectivity index is 1.14. The Morgan fingerprint density at radius 1 is 1.21 bits per heavy atom. The van der Waals surface area contributed by atoms with Crippen molar-refractivity contribution in [1.82, 2.24) is 4.72 Å². The number of methoxy groups -OCH3 is 1. The van der Waals surface area contributed by atoms with Gasteiger partial charge in [-0.2, -0.15) is 0 Å². The maximum absolute atomic E-state index is 12.8. The van der Waals surface area contributed by atoms with Gasteiger partial charge in [0.2, 0.25) is 10.0 Å². The van der Waals surface area contributed by atoms with Gasteiger partial charge in [0.05, 0.1) is 10.6 Å². The first-order valence-corrected chi connectivity index (χ1v) is 13.2. The zero-order chi connectivity index (χ0) is 20.3. The van der Waals surface area contributed by atoms with E-state index in [9.17, 15) is 8.42 Å². The highest BCUT2D eigenvalue weighted by atomic mass is 79.9. The van der Waals surface area contributed by atoms with Crippen LogP contribution in [0.2, 0.25) is 0 Å². The number of sulfonamides is 1. The largest absolute Gasteiger partial charge is 0.385 e. The molecule has 1 aliphatic heterocycles. The van der Waals surface area contributed by atoms with Crippen LogP contribution in [-0.2, 0) is 14.8 Å². The summed E-state index contributed by atoms with van der Waals surface area (Å²) in [5.41, 5.74) is 2.35. The molecule has 5 nitrogen and oxygen atoms in total. The average molecular weight is 483 g/mol. The molecule has 1 saturated heterocycles. The van der Waals surface area contributed by atoms with Crippen molar-refractivity contribution in [3.8, 4) is 0 Å². The number of rotatable bonds is 8. The predicted molar refractivity (Wildman–Crippen MR) is 118 cm³/mol. The van der Waals surface area contributed by atoms with Crippen LogP contribution in [0.1, 0.15) is 44.9 Å². The molecule has 0 unspecified atom stereocenters. The first kappa shape index (κ1) is 20.3. The number of benzene rings is 1. The lowest BCUT2D eigenvalue weighted by Crippen LogP contribution is -2.47. The van der Waals surface area contributed by atoms with Gasteiger partial charge in [0.25, 0.3) is 0 Å². The van der Waals surface area contributed by atoms with Gasteiger partial charge in [-0.1, -0.05) is 6.42 Å². The first-order chi connectivity index (χ1) is 13.9. The van der Waals surface area contributed by atoms with E-state index in [1.807, 2.05) is 6.07 Å². The summed E-state index contributed by atoms with van der Waals surface area (Å²) in [6.45, 7) is 3.37. The van der Waals surface area contributed by atoms with E-state index in [0.29, 0.717) is 34.1 Å². The zero-order valence-electron chi connectivity index (χ0n) is 17.1. The Morgan fingerprint density at radius 2 is 1.97 bits per heavy atom. The van der Waals surface area contributed by atoms with Crippen molar-refractivity contribution in [2.45, 2.75) is 49.8 Å². The van der Waals surface area contributed by atoms with E-state index in [1.54, 1.807) is 19.2 Å². The van der Waals surface area contributed by atoms with Crippen LogP contribution in [0.4, 0.5) is 5.69 Å². The number of anilines is 1. The topological polar surface area (TPSA) is 58.6 Å². The molecule has 4 fully saturated rings. The first-order valence-electron chi connectivity index (χ1n) is 10.9. The lowest BCUT2D eigenvalue weighted by atomic mass is 9.62. The maximum atomic E-state index is 12.8. The molecule has 1 aromatic carbocycles. The lowest BCUT2D eigenvalue weighted by Gasteiger charge is -2.44. The number of ether oxygens (including phenoxy) is 1. The second-order valence-electron chi connectivity index (χ2n) is 9.88. The Kier molecular flexibility index (Phi) is 5.04. The minimum atomic E-state index is -3.46. The van der Waals surface area contributed by atoms with Gasteiger partial charge in [-0.15, -0.1) is 0 Å². The smallest absolute Gasteiger partial charge is 0.240 e. The fourth-order valence-corrected chi connectivity index (χ4v) is 8.06. The van der Waals surface area contributed by atoms with E-state index in [-0.39, 0.29) is 0 Å². The van der Waals surface area contributed by atoms with Gasteiger partial charge in [0.1, 0.15) is 0 Å². The van der Waals surface area contributed by atoms with Gasteiger partial charge >= 0.3 is 0 Å². The van der Waals surface area contributed by atoms with Crippen molar-refractivity contribution in [1.29, 1.82) is 0 Å². The van der Waals surface area contributed by atoms with Gasteiger partial charge in [-0.05, 0) is 95.3 Å². The number of nitrogens with zero attached hydrogens (tertiary/aromatic N) is 1. The van der Waals surface area contributed by atoms with Crippen LogP contribution in [0.3, 0.4) is 0 Å². The third-order valence-electron chi connectivity index (χ3n) is 8.17. The fourth-order valence-electron chi connectivity index (χ4n) is 6.14. The summed E-state index contributed by atoms with van der Waals surface area (Å²) in [5, 5.41) is 0. The molecule has 1 N–H and O–H groups in total. The molecule has 160 valence electrons. The highest BCUT2D eigenvalue weighted by molar-refractivity contribution is 9.10. The number of hydrogen-bond donors (Lipinski definition) is 1. The molecule has 0 radical (unpaired) electrons. The van der Waals surface area contributed by atoms with Crippen LogP contribution in [0.15, 0.2) is 27.6 Å². The lowest BCUT2D eigenvalue weighted by molar-refractivity contribution is 0.0750. The molecule has 3 aliphatic carbocycles. The van der Waals surface area contributed by atoms with Crippen LogP contribution < -0.4 is 9.62 Å². The molecule has 1 aromatic rings. The molecule has 5 rings (SSSR count). The van der Waals surface area contributed by atoms with Crippen molar-refractivity contribution in [3.63, 3.8) is 0 Å². The van der Waals surface area contributed by atoms with Crippen LogP contribution >= 0.6 is 15.9 Å². The molecular formula is C22H31BrN2O3S. The Morgan fingerprint density at radius 3 is 2.55 bits per heavy atom. The number of nitrogens with one attached hydrogen (secondary N) is 1. The normalized spacial score (nSPS) is 30.1. The van der Waals surface area contributed by atoms with Gasteiger partial charge in [0.15, 0.2) is 0 Å². The summed E-state index contributed by atoms with van der Waals surface area (Å²) in [6.07, 6.45) is 9.14. The molecule has 0 atom stereocenters. The Labute approximate surface area is 182 Å². The van der Waals surface area contributed by atoms with Crippen LogP contribution in [-0.4, -0.2) is 41.8 Å². The number of hydrogen-bond acceptors (Lipinski definition) is 4. The zero-order valence-corrected chi connectivity index (χ0v) is 19.5. The van der Waals surface area contributed by atoms with Gasteiger partial charge in [-0.3, -0.25) is 0 Å². The van der Waals surface area contributed by atoms with Crippen molar-refractivity contribution in [3.05, 3.63) is 22.7 Å². The number of fused-ring (bicyclic) bond motifs is 1. The molecule has 29 heavy (non-hydrogen) atoms. The minimum absolute atomic E-state index is 0.348. The third-order valence-corrected chi connectivity index (χ3v) is 10.2. The molecule has 1 heterocycles. The van der Waals surface area contributed by atoms with Crippen LogP contribution in [0, 0.1) is 22.7 Å². The highest BCUT2D eigenvalue weighted by Crippen LogP contribution is 2.82. The van der Waals surface area contributed by atoms with Gasteiger partial charge in [0, 0.05) is 37.8 Å². The van der Waals surface area contributed by atoms with Crippen molar-refractivity contribution >= 4 is 31.6 Å². The van der Waals surface area contributed by atoms with E-state index in [2.05, 4.69) is 25.6 Å². The minimum Gasteiger partial charge on any atom is -0.385 e. The molecule has 0 bridgehead atoms. The van der Waals surface area contributed by atoms with Crippen molar-refractivity contribution in [2.75, 3.05) is 38.3 Å². The van der Waals surface area contributed by atoms with Crippen LogP contribution in [0.5, 0.6) is 0 Å². The molecule has 7 heteroatoms. The molecule has 4 aliphatic rings. The quantitative estimate of drug-likeness (QED) is 0.603. The number of halogens is 1. The second-order valence-corrected chi connectivity index (χ2v) is 12.5. The van der Waals surface area contributed by atoms with Crippen molar-refractivity contribution < 1.29 is 13.2 Å². The standard InChI is InChI=1S/C22H31BrN2O3S/c1-28-8-5-16-13-25(14-16)20-4-3-18(9-19(20)23)29(26,27)24-12-17-10-22(11-17)15-21(22)6-2-7-21/h3-4,9,16-17,24H,2,5-8,10-15H2,1H3. The highest BCUT2D eigenvalue weighted by Gasteiger charge is 2.72. The third kappa shape index (κ3) is 3.46. The van der Waals surface area contributed by atoms with Crippen molar-refractivity contribution in [2.24, 2.45) is 22.7 Å². The monoisotopic (exact) mass is 482 g/mol. The van der Waals surface area contributed by atoms with E-state index in [1.165, 1.54) is 38.5 Å². The molecule has 3 saturated carbocycles. The Hall–Kier alpha value is -0.630. The van der Waals surface area contributed by atoms with E-state index < -0.39 is 10.0 Å². The Bertz CT molecular complexity index is 887. The summed E-state index contributed by atoms with van der Waals surface area (Å²) in [7, 11) is -1.72. The van der Waals surface area contributed by atoms with Crippen LogP contribution in [0.25, 0.3) is 0 Å².